The van der Waals surface area contributed by atoms with Gasteiger partial charge in [0.25, 0.3) is 0 Å². The molecule has 4 nitrogen and oxygen atoms in total. The van der Waals surface area contributed by atoms with Crippen LogP contribution in [0.4, 0.5) is 5.69 Å². The third-order valence-corrected chi connectivity index (χ3v) is 5.39. The van der Waals surface area contributed by atoms with Crippen LogP contribution in [0.1, 0.15) is 16.8 Å². The highest BCUT2D eigenvalue weighted by Crippen LogP contribution is 2.25. The molecule has 0 atom stereocenters. The maximum absolute atomic E-state index is 12.6. The highest BCUT2D eigenvalue weighted by Gasteiger charge is 2.13. The van der Waals surface area contributed by atoms with Gasteiger partial charge in [0.15, 0.2) is 0 Å². The fraction of sp³-hybridized carbons (Fsp3) is 0.273. The van der Waals surface area contributed by atoms with Gasteiger partial charge in [-0.1, -0.05) is 35.9 Å². The number of rotatable bonds is 6. The standard InChI is InChI=1S/C22H25N3OS/c1-16-6-5-7-18(12-16)22-23-19(15-27-22)13-21(26)25(4)14-17-8-10-20(11-9-17)24(2)3/h5-12,15H,13-14H2,1-4H3. The predicted molar refractivity (Wildman–Crippen MR) is 113 cm³/mol. The van der Waals surface area contributed by atoms with Crippen LogP contribution in [0, 0.1) is 6.92 Å². The lowest BCUT2D eigenvalue weighted by atomic mass is 10.1. The van der Waals surface area contributed by atoms with Crippen LogP contribution in [0.15, 0.2) is 53.9 Å². The van der Waals surface area contributed by atoms with E-state index in [9.17, 15) is 4.79 Å². The van der Waals surface area contributed by atoms with Crippen molar-refractivity contribution in [2.24, 2.45) is 0 Å². The van der Waals surface area contributed by atoms with E-state index in [0.29, 0.717) is 13.0 Å². The summed E-state index contributed by atoms with van der Waals surface area (Å²) in [6, 6.07) is 16.6. The third-order valence-electron chi connectivity index (χ3n) is 4.45. The summed E-state index contributed by atoms with van der Waals surface area (Å²) in [4.78, 5) is 21.0. The Bertz CT molecular complexity index is 915. The predicted octanol–water partition coefficient (Wildman–Crippen LogP) is 4.39. The van der Waals surface area contributed by atoms with Crippen molar-refractivity contribution in [2.75, 3.05) is 26.0 Å². The van der Waals surface area contributed by atoms with Gasteiger partial charge in [-0.3, -0.25) is 4.79 Å². The number of amides is 1. The lowest BCUT2D eigenvalue weighted by Crippen LogP contribution is -2.27. The average molecular weight is 380 g/mol. The van der Waals surface area contributed by atoms with Gasteiger partial charge in [-0.15, -0.1) is 11.3 Å². The van der Waals surface area contributed by atoms with E-state index in [1.165, 1.54) is 5.56 Å². The van der Waals surface area contributed by atoms with Gasteiger partial charge in [0, 0.05) is 44.3 Å². The van der Waals surface area contributed by atoms with E-state index in [4.69, 9.17) is 0 Å². The van der Waals surface area contributed by atoms with Gasteiger partial charge in [0.2, 0.25) is 5.91 Å². The lowest BCUT2D eigenvalue weighted by Gasteiger charge is -2.18. The molecule has 0 bridgehead atoms. The minimum Gasteiger partial charge on any atom is -0.378 e. The van der Waals surface area contributed by atoms with Crippen molar-refractivity contribution in [3.05, 3.63) is 70.7 Å². The molecule has 0 aliphatic heterocycles. The maximum Gasteiger partial charge on any atom is 0.228 e. The second kappa shape index (κ2) is 8.35. The molecule has 0 aliphatic carbocycles. The first-order valence-electron chi connectivity index (χ1n) is 8.94. The fourth-order valence-electron chi connectivity index (χ4n) is 2.85. The number of aromatic nitrogens is 1. The molecule has 0 spiro atoms. The molecule has 0 saturated carbocycles. The Labute approximate surface area is 165 Å². The highest BCUT2D eigenvalue weighted by molar-refractivity contribution is 7.13. The number of likely N-dealkylation sites (N-methyl/N-ethyl adjacent to an activating group) is 1. The lowest BCUT2D eigenvalue weighted by molar-refractivity contribution is -0.129. The largest absolute Gasteiger partial charge is 0.378 e. The number of carbonyl (C=O) groups is 1. The van der Waals surface area contributed by atoms with Crippen LogP contribution in [0.5, 0.6) is 0 Å². The quantitative estimate of drug-likeness (QED) is 0.637. The summed E-state index contributed by atoms with van der Waals surface area (Å²) in [5.41, 5.74) is 5.42. The molecule has 27 heavy (non-hydrogen) atoms. The molecule has 0 radical (unpaired) electrons. The summed E-state index contributed by atoms with van der Waals surface area (Å²) in [7, 11) is 5.88. The molecule has 0 unspecified atom stereocenters. The van der Waals surface area contributed by atoms with Crippen molar-refractivity contribution in [3.8, 4) is 10.6 Å². The number of thiazole rings is 1. The van der Waals surface area contributed by atoms with Gasteiger partial charge in [0.05, 0.1) is 12.1 Å². The second-order valence-corrected chi connectivity index (χ2v) is 7.86. The van der Waals surface area contributed by atoms with Crippen molar-refractivity contribution < 1.29 is 4.79 Å². The van der Waals surface area contributed by atoms with Crippen molar-refractivity contribution in [1.82, 2.24) is 9.88 Å². The van der Waals surface area contributed by atoms with Gasteiger partial charge < -0.3 is 9.80 Å². The number of hydrogen-bond acceptors (Lipinski definition) is 4. The summed E-state index contributed by atoms with van der Waals surface area (Å²) >= 11 is 1.59. The molecule has 0 saturated heterocycles. The van der Waals surface area contributed by atoms with Gasteiger partial charge in [-0.05, 0) is 30.7 Å². The van der Waals surface area contributed by atoms with Crippen LogP contribution in [0.25, 0.3) is 10.6 Å². The number of anilines is 1. The summed E-state index contributed by atoms with van der Waals surface area (Å²) in [6.45, 7) is 2.67. The second-order valence-electron chi connectivity index (χ2n) is 7.00. The third kappa shape index (κ3) is 4.95. The zero-order valence-corrected chi connectivity index (χ0v) is 17.1. The SMILES string of the molecule is Cc1cccc(-c2nc(CC(=O)N(C)Cc3ccc(N(C)C)cc3)cs2)c1. The first-order chi connectivity index (χ1) is 12.9. The average Bonchev–Trinajstić information content (AvgIpc) is 3.10. The summed E-state index contributed by atoms with van der Waals surface area (Å²) in [6.07, 6.45) is 0.328. The number of hydrogen-bond donors (Lipinski definition) is 0. The molecule has 1 amide bonds. The van der Waals surface area contributed by atoms with E-state index in [0.717, 1.165) is 27.5 Å². The first kappa shape index (κ1) is 19.1. The summed E-state index contributed by atoms with van der Waals surface area (Å²) in [5, 5.41) is 2.94. The van der Waals surface area contributed by atoms with Crippen molar-refractivity contribution >= 4 is 22.9 Å². The van der Waals surface area contributed by atoms with E-state index in [2.05, 4.69) is 59.3 Å². The Hall–Kier alpha value is -2.66. The van der Waals surface area contributed by atoms with Crippen LogP contribution < -0.4 is 4.90 Å². The van der Waals surface area contributed by atoms with E-state index < -0.39 is 0 Å². The van der Waals surface area contributed by atoms with Crippen LogP contribution in [-0.2, 0) is 17.8 Å². The molecule has 0 fully saturated rings. The van der Waals surface area contributed by atoms with E-state index in [1.807, 2.05) is 32.6 Å². The smallest absolute Gasteiger partial charge is 0.228 e. The normalized spacial score (nSPS) is 10.7. The monoisotopic (exact) mass is 379 g/mol. The van der Waals surface area contributed by atoms with Gasteiger partial charge in [-0.2, -0.15) is 0 Å². The number of carbonyl (C=O) groups excluding carboxylic acids is 1. The zero-order valence-electron chi connectivity index (χ0n) is 16.3. The minimum atomic E-state index is 0.0766. The van der Waals surface area contributed by atoms with Gasteiger partial charge in [-0.25, -0.2) is 4.98 Å². The topological polar surface area (TPSA) is 36.4 Å². The molecule has 5 heteroatoms. The van der Waals surface area contributed by atoms with Gasteiger partial charge >= 0.3 is 0 Å². The fourth-order valence-corrected chi connectivity index (χ4v) is 3.67. The number of benzene rings is 2. The summed E-state index contributed by atoms with van der Waals surface area (Å²) in [5.74, 6) is 0.0766. The molecule has 2 aromatic carbocycles. The van der Waals surface area contributed by atoms with Crippen LogP contribution in [0.3, 0.4) is 0 Å². The molecule has 0 N–H and O–H groups in total. The number of aryl methyl sites for hydroxylation is 1. The van der Waals surface area contributed by atoms with Crippen LogP contribution >= 0.6 is 11.3 Å². The number of nitrogens with zero attached hydrogens (tertiary/aromatic N) is 3. The Kier molecular flexibility index (Phi) is 5.91. The van der Waals surface area contributed by atoms with Crippen LogP contribution in [-0.4, -0.2) is 36.9 Å². The molecule has 1 heterocycles. The zero-order chi connectivity index (χ0) is 19.4. The molecule has 3 aromatic rings. The van der Waals surface area contributed by atoms with Crippen LogP contribution in [0.2, 0.25) is 0 Å². The Morgan fingerprint density at radius 3 is 2.48 bits per heavy atom. The maximum atomic E-state index is 12.6. The molecule has 3 rings (SSSR count). The van der Waals surface area contributed by atoms with Crippen molar-refractivity contribution in [3.63, 3.8) is 0 Å². The van der Waals surface area contributed by atoms with E-state index in [-0.39, 0.29) is 5.91 Å². The van der Waals surface area contributed by atoms with E-state index in [1.54, 1.807) is 16.2 Å². The minimum absolute atomic E-state index is 0.0766. The Morgan fingerprint density at radius 1 is 1.07 bits per heavy atom. The molecule has 140 valence electrons. The Morgan fingerprint density at radius 2 is 1.81 bits per heavy atom. The molecule has 0 aliphatic rings. The summed E-state index contributed by atoms with van der Waals surface area (Å²) < 4.78 is 0. The molecular formula is C22H25N3OS. The first-order valence-corrected chi connectivity index (χ1v) is 9.82. The molecular weight excluding hydrogens is 354 g/mol. The molecule has 1 aromatic heterocycles. The Balaban J connectivity index is 1.61. The van der Waals surface area contributed by atoms with E-state index >= 15 is 0 Å². The van der Waals surface area contributed by atoms with Crippen molar-refractivity contribution in [2.45, 2.75) is 19.9 Å². The van der Waals surface area contributed by atoms with Crippen molar-refractivity contribution in [1.29, 1.82) is 0 Å². The highest BCUT2D eigenvalue weighted by atomic mass is 32.1. The van der Waals surface area contributed by atoms with Gasteiger partial charge in [0.1, 0.15) is 5.01 Å².